The number of anilines is 1. The minimum atomic E-state index is -0.565. The molecule has 1 aliphatic rings. The summed E-state index contributed by atoms with van der Waals surface area (Å²) in [6.45, 7) is 5.76. The van der Waals surface area contributed by atoms with Gasteiger partial charge in [0.15, 0.2) is 11.2 Å². The number of allylic oxidation sites excluding steroid dienone is 2. The molecular weight excluding hydrogens is 484 g/mol. The van der Waals surface area contributed by atoms with Gasteiger partial charge in [0, 0.05) is 49.9 Å². The van der Waals surface area contributed by atoms with Crippen molar-refractivity contribution in [2.24, 2.45) is 18.5 Å². The van der Waals surface area contributed by atoms with Gasteiger partial charge < -0.3 is 20.9 Å². The molecule has 4 heterocycles. The highest BCUT2D eigenvalue weighted by molar-refractivity contribution is 5.98. The van der Waals surface area contributed by atoms with Crippen LogP contribution >= 0.6 is 0 Å². The maximum Gasteiger partial charge on any atom is 0.332 e. The molecule has 1 atom stereocenters. The largest absolute Gasteiger partial charge is 0.366 e. The van der Waals surface area contributed by atoms with Gasteiger partial charge in [-0.1, -0.05) is 17.7 Å². The highest BCUT2D eigenvalue weighted by atomic mass is 16.2. The van der Waals surface area contributed by atoms with Gasteiger partial charge in [-0.25, -0.2) is 4.79 Å². The Morgan fingerprint density at radius 2 is 1.97 bits per heavy atom. The topological polar surface area (TPSA) is 147 Å². The number of primary amides is 1. The third-order valence-electron chi connectivity index (χ3n) is 7.08. The fraction of sp³-hybridized carbons (Fsp3) is 0.370. The first-order valence-corrected chi connectivity index (χ1v) is 12.7. The molecule has 1 unspecified atom stereocenters. The molecule has 198 valence electrons. The fourth-order valence-corrected chi connectivity index (χ4v) is 5.04. The van der Waals surface area contributed by atoms with Crippen LogP contribution in [-0.2, 0) is 20.1 Å². The summed E-state index contributed by atoms with van der Waals surface area (Å²) in [4.78, 5) is 50.5. The summed E-state index contributed by atoms with van der Waals surface area (Å²) in [5, 5.41) is 1.47. The number of fused-ring (bicyclic) bond motifs is 2. The van der Waals surface area contributed by atoms with Crippen molar-refractivity contribution >= 4 is 33.8 Å². The standard InChI is InChI=1S/C27H32N8O3/c1-16(2)9-12-34-22-24(31-26(34)33-11-4-5-19(28)14-33)32(3)27(38)35(25(22)37)15-21-20-13-18(23(29)36)7-6-17(20)8-10-30-21/h6-10,13,19H,4-5,11-12,14-15,28H2,1-3H3,(H2,29,36). The van der Waals surface area contributed by atoms with Crippen LogP contribution in [0.1, 0.15) is 42.7 Å². The molecule has 5 rings (SSSR count). The third-order valence-corrected chi connectivity index (χ3v) is 7.08. The van der Waals surface area contributed by atoms with E-state index in [1.807, 2.05) is 24.5 Å². The van der Waals surface area contributed by atoms with Crippen LogP contribution in [0.3, 0.4) is 0 Å². The van der Waals surface area contributed by atoms with Gasteiger partial charge in [0.1, 0.15) is 0 Å². The van der Waals surface area contributed by atoms with E-state index in [0.717, 1.165) is 30.3 Å². The van der Waals surface area contributed by atoms with Crippen molar-refractivity contribution in [1.29, 1.82) is 0 Å². The lowest BCUT2D eigenvalue weighted by Crippen LogP contribution is -2.44. The number of nitrogens with zero attached hydrogens (tertiary/aromatic N) is 6. The number of rotatable bonds is 6. The second-order valence-electron chi connectivity index (χ2n) is 10.1. The zero-order chi connectivity index (χ0) is 27.1. The Bertz CT molecular complexity index is 1710. The molecule has 11 heteroatoms. The number of imidazole rings is 1. The monoisotopic (exact) mass is 516 g/mol. The third kappa shape index (κ3) is 4.49. The number of carbonyl (C=O) groups excluding carboxylic acids is 1. The normalized spacial score (nSPS) is 15.8. The van der Waals surface area contributed by atoms with Crippen molar-refractivity contribution in [3.63, 3.8) is 0 Å². The van der Waals surface area contributed by atoms with E-state index >= 15 is 0 Å². The van der Waals surface area contributed by atoms with Crippen molar-refractivity contribution in [3.05, 3.63) is 74.2 Å². The Morgan fingerprint density at radius 3 is 2.68 bits per heavy atom. The van der Waals surface area contributed by atoms with Gasteiger partial charge in [-0.05, 0) is 50.3 Å². The lowest BCUT2D eigenvalue weighted by atomic mass is 10.1. The molecule has 0 aliphatic carbocycles. The van der Waals surface area contributed by atoms with Crippen LogP contribution < -0.4 is 27.6 Å². The molecule has 1 fully saturated rings. The number of benzene rings is 1. The minimum Gasteiger partial charge on any atom is -0.366 e. The van der Waals surface area contributed by atoms with Crippen LogP contribution in [0.15, 0.2) is 51.7 Å². The van der Waals surface area contributed by atoms with Gasteiger partial charge in [0.25, 0.3) is 5.56 Å². The van der Waals surface area contributed by atoms with Crippen LogP contribution in [0.25, 0.3) is 21.9 Å². The second kappa shape index (κ2) is 9.90. The first kappa shape index (κ1) is 25.4. The van der Waals surface area contributed by atoms with Crippen LogP contribution in [-0.4, -0.2) is 48.7 Å². The quantitative estimate of drug-likeness (QED) is 0.369. The number of carbonyl (C=O) groups is 1. The number of amides is 1. The molecule has 11 nitrogen and oxygen atoms in total. The minimum absolute atomic E-state index is 0.0173. The number of aromatic nitrogens is 5. The van der Waals surface area contributed by atoms with Crippen molar-refractivity contribution in [1.82, 2.24) is 23.7 Å². The van der Waals surface area contributed by atoms with Crippen molar-refractivity contribution in [3.8, 4) is 0 Å². The molecule has 0 bridgehead atoms. The summed E-state index contributed by atoms with van der Waals surface area (Å²) in [6, 6.07) is 6.88. The molecule has 4 N–H and O–H groups in total. The highest BCUT2D eigenvalue weighted by Gasteiger charge is 2.26. The van der Waals surface area contributed by atoms with E-state index in [-0.39, 0.29) is 12.6 Å². The van der Waals surface area contributed by atoms with Gasteiger partial charge in [-0.15, -0.1) is 0 Å². The van der Waals surface area contributed by atoms with E-state index in [0.29, 0.717) is 46.8 Å². The lowest BCUT2D eigenvalue weighted by Gasteiger charge is -2.31. The maximum atomic E-state index is 14.0. The average Bonchev–Trinajstić information content (AvgIpc) is 3.28. The van der Waals surface area contributed by atoms with E-state index in [2.05, 4.69) is 9.88 Å². The van der Waals surface area contributed by atoms with E-state index in [4.69, 9.17) is 16.5 Å². The molecule has 1 saturated heterocycles. The molecule has 0 saturated carbocycles. The summed E-state index contributed by atoms with van der Waals surface area (Å²) < 4.78 is 4.46. The molecule has 0 spiro atoms. The van der Waals surface area contributed by atoms with E-state index in [9.17, 15) is 14.4 Å². The molecule has 1 aromatic carbocycles. The van der Waals surface area contributed by atoms with Crippen molar-refractivity contribution in [2.45, 2.75) is 45.8 Å². The van der Waals surface area contributed by atoms with Crippen LogP contribution in [0, 0.1) is 0 Å². The Kier molecular flexibility index (Phi) is 6.62. The van der Waals surface area contributed by atoms with E-state index in [1.165, 1.54) is 9.13 Å². The van der Waals surface area contributed by atoms with Gasteiger partial charge in [0.05, 0.1) is 12.2 Å². The lowest BCUT2D eigenvalue weighted by molar-refractivity contribution is 0.100. The zero-order valence-electron chi connectivity index (χ0n) is 21.8. The summed E-state index contributed by atoms with van der Waals surface area (Å²) in [6.07, 6.45) is 5.51. The predicted molar refractivity (Wildman–Crippen MR) is 147 cm³/mol. The molecule has 4 aromatic rings. The summed E-state index contributed by atoms with van der Waals surface area (Å²) in [5.41, 5.74) is 13.4. The summed E-state index contributed by atoms with van der Waals surface area (Å²) >= 11 is 0. The van der Waals surface area contributed by atoms with Crippen molar-refractivity contribution in [2.75, 3.05) is 18.0 Å². The van der Waals surface area contributed by atoms with Crippen LogP contribution in [0.2, 0.25) is 0 Å². The van der Waals surface area contributed by atoms with E-state index < -0.39 is 17.2 Å². The Balaban J connectivity index is 1.71. The number of hydrogen-bond donors (Lipinski definition) is 2. The molecule has 1 aliphatic heterocycles. The molecule has 1 amide bonds. The SMILES string of the molecule is CC(C)=CCn1c(N2CCCC(N)C2)nc2c1c(=O)n(Cc1nccc3ccc(C(N)=O)cc13)c(=O)n2C. The number of piperidine rings is 1. The summed E-state index contributed by atoms with van der Waals surface area (Å²) in [7, 11) is 1.62. The number of pyridine rings is 1. The average molecular weight is 517 g/mol. The first-order chi connectivity index (χ1) is 18.2. The Labute approximate surface area is 219 Å². The predicted octanol–water partition coefficient (Wildman–Crippen LogP) is 1.49. The van der Waals surface area contributed by atoms with Crippen LogP contribution in [0.5, 0.6) is 0 Å². The molecule has 3 aromatic heterocycles. The smallest absolute Gasteiger partial charge is 0.332 e. The van der Waals surface area contributed by atoms with Gasteiger partial charge in [-0.2, -0.15) is 4.98 Å². The van der Waals surface area contributed by atoms with Crippen LogP contribution in [0.4, 0.5) is 5.95 Å². The number of hydrogen-bond acceptors (Lipinski definition) is 7. The zero-order valence-corrected chi connectivity index (χ0v) is 21.8. The Hall–Kier alpha value is -4.25. The van der Waals surface area contributed by atoms with Gasteiger partial charge in [0.2, 0.25) is 11.9 Å². The van der Waals surface area contributed by atoms with Gasteiger partial charge in [-0.3, -0.25) is 23.7 Å². The molecule has 38 heavy (non-hydrogen) atoms. The Morgan fingerprint density at radius 1 is 1.18 bits per heavy atom. The highest BCUT2D eigenvalue weighted by Crippen LogP contribution is 2.24. The van der Waals surface area contributed by atoms with Crippen molar-refractivity contribution < 1.29 is 4.79 Å². The summed E-state index contributed by atoms with van der Waals surface area (Å²) in [5.74, 6) is 0.0659. The maximum absolute atomic E-state index is 14.0. The van der Waals surface area contributed by atoms with E-state index in [1.54, 1.807) is 37.5 Å². The molecule has 0 radical (unpaired) electrons. The number of aryl methyl sites for hydroxylation is 1. The first-order valence-electron chi connectivity index (χ1n) is 12.7. The number of nitrogens with two attached hydrogens (primary N) is 2. The fourth-order valence-electron chi connectivity index (χ4n) is 5.04. The van der Waals surface area contributed by atoms with Gasteiger partial charge >= 0.3 is 5.69 Å². The molecular formula is C27H32N8O3. The second-order valence-corrected chi connectivity index (χ2v) is 10.1.